The Balaban J connectivity index is 0.00000180. The monoisotopic (exact) mass is 282 g/mol. The third-order valence-corrected chi connectivity index (χ3v) is 3.24. The van der Waals surface area contributed by atoms with Crippen LogP contribution in [0.1, 0.15) is 26.2 Å². The van der Waals surface area contributed by atoms with Crippen LogP contribution in [-0.2, 0) is 4.79 Å². The number of nitrogens with zero attached hydrogens (tertiary/aromatic N) is 1. The van der Waals surface area contributed by atoms with E-state index in [-0.39, 0.29) is 18.3 Å². The Morgan fingerprint density at radius 2 is 2.00 bits per heavy atom. The smallest absolute Gasteiger partial charge is 0.241 e. The Morgan fingerprint density at radius 1 is 1.32 bits per heavy atom. The second-order valence-electron chi connectivity index (χ2n) is 5.00. The summed E-state index contributed by atoms with van der Waals surface area (Å²) in [5, 5.41) is 3.19. The molecule has 3 nitrogen and oxygen atoms in total. The van der Waals surface area contributed by atoms with Crippen molar-refractivity contribution in [3.05, 3.63) is 30.3 Å². The summed E-state index contributed by atoms with van der Waals surface area (Å²) in [5.74, 6) is 0.977. The van der Waals surface area contributed by atoms with Crippen molar-refractivity contribution < 1.29 is 4.79 Å². The normalized spacial score (nSPS) is 13.5. The summed E-state index contributed by atoms with van der Waals surface area (Å²) < 4.78 is 0. The van der Waals surface area contributed by atoms with Gasteiger partial charge < -0.3 is 10.2 Å². The lowest BCUT2D eigenvalue weighted by molar-refractivity contribution is -0.129. The first-order valence-electron chi connectivity index (χ1n) is 6.86. The second kappa shape index (κ2) is 8.05. The largest absolute Gasteiger partial charge is 0.376 e. The number of anilines is 1. The van der Waals surface area contributed by atoms with Crippen molar-refractivity contribution in [1.29, 1.82) is 0 Å². The number of nitrogens with one attached hydrogen (secondary N) is 1. The molecule has 1 aromatic rings. The van der Waals surface area contributed by atoms with Gasteiger partial charge >= 0.3 is 0 Å². The number of hydrogen-bond acceptors (Lipinski definition) is 2. The Bertz CT molecular complexity index is 379. The van der Waals surface area contributed by atoms with E-state index < -0.39 is 0 Å². The lowest BCUT2D eigenvalue weighted by Gasteiger charge is -2.22. The minimum atomic E-state index is 0. The van der Waals surface area contributed by atoms with Gasteiger partial charge in [-0.1, -0.05) is 25.1 Å². The number of carbonyl (C=O) groups excluding carboxylic acids is 1. The molecular formula is C15H23ClN2O. The molecule has 1 aliphatic carbocycles. The van der Waals surface area contributed by atoms with Crippen LogP contribution < -0.4 is 5.32 Å². The van der Waals surface area contributed by atoms with Crippen LogP contribution in [0.4, 0.5) is 5.69 Å². The topological polar surface area (TPSA) is 32.3 Å². The van der Waals surface area contributed by atoms with Crippen molar-refractivity contribution in [1.82, 2.24) is 4.90 Å². The maximum atomic E-state index is 12.1. The predicted molar refractivity (Wildman–Crippen MR) is 81.8 cm³/mol. The third kappa shape index (κ3) is 5.52. The number of amides is 1. The van der Waals surface area contributed by atoms with E-state index >= 15 is 0 Å². The van der Waals surface area contributed by atoms with Crippen molar-refractivity contribution in [2.24, 2.45) is 5.92 Å². The van der Waals surface area contributed by atoms with Gasteiger partial charge in [0.15, 0.2) is 0 Å². The Kier molecular flexibility index (Phi) is 6.71. The summed E-state index contributed by atoms with van der Waals surface area (Å²) in [6.07, 6.45) is 3.61. The van der Waals surface area contributed by atoms with E-state index in [0.29, 0.717) is 6.54 Å². The van der Waals surface area contributed by atoms with E-state index in [0.717, 1.165) is 31.1 Å². The number of benzene rings is 1. The fourth-order valence-electron chi connectivity index (χ4n) is 2.05. The summed E-state index contributed by atoms with van der Waals surface area (Å²) in [5.41, 5.74) is 1.01. The van der Waals surface area contributed by atoms with Gasteiger partial charge in [0.2, 0.25) is 5.91 Å². The molecular weight excluding hydrogens is 260 g/mol. The first-order chi connectivity index (χ1) is 8.79. The fraction of sp³-hybridized carbons (Fsp3) is 0.533. The summed E-state index contributed by atoms with van der Waals surface area (Å²) in [6.45, 7) is 4.35. The van der Waals surface area contributed by atoms with Crippen molar-refractivity contribution in [2.75, 3.05) is 25.0 Å². The van der Waals surface area contributed by atoms with Crippen LogP contribution in [0.3, 0.4) is 0 Å². The zero-order chi connectivity index (χ0) is 12.8. The lowest BCUT2D eigenvalue weighted by atomic mass is 10.3. The molecule has 1 N–H and O–H groups in total. The van der Waals surface area contributed by atoms with Gasteiger partial charge in [0.1, 0.15) is 0 Å². The first kappa shape index (κ1) is 15.8. The Labute approximate surface area is 121 Å². The molecule has 0 heterocycles. The zero-order valence-electron chi connectivity index (χ0n) is 11.5. The van der Waals surface area contributed by atoms with E-state index in [1.165, 1.54) is 12.8 Å². The molecule has 1 aromatic carbocycles. The first-order valence-corrected chi connectivity index (χ1v) is 6.86. The van der Waals surface area contributed by atoms with Crippen molar-refractivity contribution in [3.8, 4) is 0 Å². The lowest BCUT2D eigenvalue weighted by Crippen LogP contribution is -2.37. The van der Waals surface area contributed by atoms with Crippen LogP contribution in [0.15, 0.2) is 30.3 Å². The highest BCUT2D eigenvalue weighted by molar-refractivity contribution is 5.85. The molecule has 0 atom stereocenters. The molecule has 0 aromatic heterocycles. The third-order valence-electron chi connectivity index (χ3n) is 3.24. The van der Waals surface area contributed by atoms with Crippen LogP contribution in [0.2, 0.25) is 0 Å². The molecule has 1 saturated carbocycles. The summed E-state index contributed by atoms with van der Waals surface area (Å²) in [4.78, 5) is 14.1. The molecule has 2 rings (SSSR count). The van der Waals surface area contributed by atoms with E-state index in [4.69, 9.17) is 0 Å². The van der Waals surface area contributed by atoms with E-state index in [2.05, 4.69) is 12.2 Å². The number of halogens is 1. The van der Waals surface area contributed by atoms with E-state index in [1.807, 2.05) is 35.2 Å². The number of rotatable bonds is 7. The summed E-state index contributed by atoms with van der Waals surface area (Å²) in [7, 11) is 0. The highest BCUT2D eigenvalue weighted by Crippen LogP contribution is 2.29. The minimum Gasteiger partial charge on any atom is -0.376 e. The molecule has 0 radical (unpaired) electrons. The molecule has 0 unspecified atom stereocenters. The van der Waals surface area contributed by atoms with Gasteiger partial charge in [-0.15, -0.1) is 12.4 Å². The zero-order valence-corrected chi connectivity index (χ0v) is 12.3. The molecule has 1 fully saturated rings. The van der Waals surface area contributed by atoms with Gasteiger partial charge in [0.05, 0.1) is 6.54 Å². The van der Waals surface area contributed by atoms with Gasteiger partial charge in [0.25, 0.3) is 0 Å². The standard InChI is InChI=1S/C15H22N2O.ClH/c1-2-10-17(12-13-8-9-13)15(18)11-16-14-6-4-3-5-7-14;/h3-7,13,16H,2,8-12H2,1H3;1H. The number of para-hydroxylation sites is 1. The molecule has 1 amide bonds. The van der Waals surface area contributed by atoms with Crippen LogP contribution in [-0.4, -0.2) is 30.4 Å². The quantitative estimate of drug-likeness (QED) is 0.833. The van der Waals surface area contributed by atoms with Crippen LogP contribution in [0.5, 0.6) is 0 Å². The average Bonchev–Trinajstić information content (AvgIpc) is 3.21. The molecule has 1 aliphatic rings. The molecule has 0 spiro atoms. The Hall–Kier alpha value is -1.22. The van der Waals surface area contributed by atoms with E-state index in [9.17, 15) is 4.79 Å². The highest BCUT2D eigenvalue weighted by Gasteiger charge is 2.26. The number of carbonyl (C=O) groups is 1. The Morgan fingerprint density at radius 3 is 2.58 bits per heavy atom. The van der Waals surface area contributed by atoms with Crippen molar-refractivity contribution in [2.45, 2.75) is 26.2 Å². The SMILES string of the molecule is CCCN(CC1CC1)C(=O)CNc1ccccc1.Cl. The minimum absolute atomic E-state index is 0. The summed E-state index contributed by atoms with van der Waals surface area (Å²) >= 11 is 0. The van der Waals surface area contributed by atoms with Crippen LogP contribution in [0.25, 0.3) is 0 Å². The maximum Gasteiger partial charge on any atom is 0.241 e. The molecule has 106 valence electrons. The maximum absolute atomic E-state index is 12.1. The fourth-order valence-corrected chi connectivity index (χ4v) is 2.05. The van der Waals surface area contributed by atoms with Crippen molar-refractivity contribution >= 4 is 24.0 Å². The molecule has 19 heavy (non-hydrogen) atoms. The number of hydrogen-bond donors (Lipinski definition) is 1. The molecule has 0 aliphatic heterocycles. The second-order valence-corrected chi connectivity index (χ2v) is 5.00. The van der Waals surface area contributed by atoms with Gasteiger partial charge in [-0.05, 0) is 37.3 Å². The average molecular weight is 283 g/mol. The van der Waals surface area contributed by atoms with Gasteiger partial charge in [0, 0.05) is 18.8 Å². The van der Waals surface area contributed by atoms with Gasteiger partial charge in [-0.2, -0.15) is 0 Å². The van der Waals surface area contributed by atoms with Gasteiger partial charge in [-0.25, -0.2) is 0 Å². The molecule has 0 saturated heterocycles. The van der Waals surface area contributed by atoms with Gasteiger partial charge in [-0.3, -0.25) is 4.79 Å². The van der Waals surface area contributed by atoms with Crippen LogP contribution >= 0.6 is 12.4 Å². The van der Waals surface area contributed by atoms with E-state index in [1.54, 1.807) is 0 Å². The highest BCUT2D eigenvalue weighted by atomic mass is 35.5. The molecule has 0 bridgehead atoms. The van der Waals surface area contributed by atoms with Crippen molar-refractivity contribution in [3.63, 3.8) is 0 Å². The summed E-state index contributed by atoms with van der Waals surface area (Å²) in [6, 6.07) is 9.89. The van der Waals surface area contributed by atoms with Crippen LogP contribution in [0, 0.1) is 5.92 Å². The predicted octanol–water partition coefficient (Wildman–Crippen LogP) is 3.17. The molecule has 4 heteroatoms.